The maximum absolute atomic E-state index is 12.5. The number of halogens is 3. The fourth-order valence-electron chi connectivity index (χ4n) is 2.22. The third-order valence-corrected chi connectivity index (χ3v) is 3.41. The topological polar surface area (TPSA) is 33.1 Å². The van der Waals surface area contributed by atoms with E-state index in [1.165, 1.54) is 18.2 Å². The molecule has 2 nitrogen and oxygen atoms in total. The average molecular weight is 315 g/mol. The van der Waals surface area contributed by atoms with Gasteiger partial charge in [0, 0.05) is 17.0 Å². The number of nitrogens with zero attached hydrogens (tertiary/aromatic N) is 1. The smallest absolute Gasteiger partial charge is 0.416 e. The monoisotopic (exact) mass is 315 g/mol. The van der Waals surface area contributed by atoms with Crippen LogP contribution in [-0.2, 0) is 6.18 Å². The standard InChI is InChI=1S/C18H12F3NO/c19-18(20,21)14-8-5-13(6-9-14)17(23)11-15-10-7-12-3-1-2-4-16(12)22-15/h1-11,23H/b17-11-. The molecule has 0 unspecified atom stereocenters. The van der Waals surface area contributed by atoms with E-state index in [0.29, 0.717) is 11.3 Å². The highest BCUT2D eigenvalue weighted by Gasteiger charge is 2.30. The van der Waals surface area contributed by atoms with E-state index in [1.54, 1.807) is 6.07 Å². The van der Waals surface area contributed by atoms with Gasteiger partial charge in [0.25, 0.3) is 0 Å². The highest BCUT2D eigenvalue weighted by Crippen LogP contribution is 2.30. The van der Waals surface area contributed by atoms with Crippen LogP contribution < -0.4 is 0 Å². The number of aliphatic hydroxyl groups excluding tert-OH is 1. The van der Waals surface area contributed by atoms with Gasteiger partial charge in [0.05, 0.1) is 16.8 Å². The second kappa shape index (κ2) is 5.76. The molecule has 3 rings (SSSR count). The zero-order valence-electron chi connectivity index (χ0n) is 11.9. The highest BCUT2D eigenvalue weighted by atomic mass is 19.4. The fourth-order valence-corrected chi connectivity index (χ4v) is 2.22. The van der Waals surface area contributed by atoms with E-state index in [0.717, 1.165) is 23.0 Å². The number of hydrogen-bond acceptors (Lipinski definition) is 2. The number of rotatable bonds is 2. The van der Waals surface area contributed by atoms with Gasteiger partial charge in [-0.3, -0.25) is 0 Å². The Kier molecular flexibility index (Phi) is 3.78. The summed E-state index contributed by atoms with van der Waals surface area (Å²) in [4.78, 5) is 4.38. The molecular weight excluding hydrogens is 303 g/mol. The predicted molar refractivity (Wildman–Crippen MR) is 83.7 cm³/mol. The summed E-state index contributed by atoms with van der Waals surface area (Å²) in [5, 5.41) is 11.1. The lowest BCUT2D eigenvalue weighted by Gasteiger charge is -2.07. The zero-order valence-corrected chi connectivity index (χ0v) is 11.9. The first kappa shape index (κ1) is 15.1. The second-order valence-corrected chi connectivity index (χ2v) is 5.03. The van der Waals surface area contributed by atoms with Crippen LogP contribution in [0.3, 0.4) is 0 Å². The van der Waals surface area contributed by atoms with Crippen molar-refractivity contribution < 1.29 is 18.3 Å². The second-order valence-electron chi connectivity index (χ2n) is 5.03. The zero-order chi connectivity index (χ0) is 16.4. The minimum absolute atomic E-state index is 0.137. The van der Waals surface area contributed by atoms with Gasteiger partial charge in [-0.2, -0.15) is 13.2 Å². The van der Waals surface area contributed by atoms with Crippen molar-refractivity contribution in [3.05, 3.63) is 77.5 Å². The van der Waals surface area contributed by atoms with Crippen LogP contribution in [0.4, 0.5) is 13.2 Å². The first-order valence-electron chi connectivity index (χ1n) is 6.87. The Labute approximate surface area is 130 Å². The average Bonchev–Trinajstić information content (AvgIpc) is 2.54. The van der Waals surface area contributed by atoms with Gasteiger partial charge in [-0.1, -0.05) is 36.4 Å². The number of benzene rings is 2. The van der Waals surface area contributed by atoms with E-state index in [9.17, 15) is 18.3 Å². The third kappa shape index (κ3) is 3.34. The third-order valence-electron chi connectivity index (χ3n) is 3.41. The predicted octanol–water partition coefficient (Wildman–Crippen LogP) is 5.31. The Hall–Kier alpha value is -2.82. The molecule has 0 spiro atoms. The summed E-state index contributed by atoms with van der Waals surface area (Å²) in [6.45, 7) is 0. The SMILES string of the molecule is O/C(=C\c1ccc2ccccc2n1)c1ccc(C(F)(F)F)cc1. The molecule has 0 atom stereocenters. The first-order valence-corrected chi connectivity index (χ1v) is 6.87. The van der Waals surface area contributed by atoms with E-state index in [2.05, 4.69) is 4.98 Å². The summed E-state index contributed by atoms with van der Waals surface area (Å²) >= 11 is 0. The number of hydrogen-bond donors (Lipinski definition) is 1. The molecule has 2 aromatic carbocycles. The minimum atomic E-state index is -4.39. The molecular formula is C18H12F3NO. The molecule has 0 bridgehead atoms. The molecule has 0 fully saturated rings. The van der Waals surface area contributed by atoms with Gasteiger partial charge in [-0.25, -0.2) is 4.98 Å². The molecule has 1 N–H and O–H groups in total. The number of alkyl halides is 3. The van der Waals surface area contributed by atoms with Crippen molar-refractivity contribution in [1.29, 1.82) is 0 Å². The molecule has 23 heavy (non-hydrogen) atoms. The Balaban J connectivity index is 1.91. The summed E-state index contributed by atoms with van der Waals surface area (Å²) in [7, 11) is 0. The van der Waals surface area contributed by atoms with Crippen LogP contribution in [-0.4, -0.2) is 10.1 Å². The Bertz CT molecular complexity index is 867. The highest BCUT2D eigenvalue weighted by molar-refractivity contribution is 5.82. The molecule has 1 aromatic heterocycles. The van der Waals surface area contributed by atoms with Crippen molar-refractivity contribution in [2.24, 2.45) is 0 Å². The van der Waals surface area contributed by atoms with Gasteiger partial charge >= 0.3 is 6.18 Å². The Morgan fingerprint density at radius 2 is 1.61 bits per heavy atom. The van der Waals surface area contributed by atoms with Gasteiger partial charge in [0.2, 0.25) is 0 Å². The summed E-state index contributed by atoms with van der Waals surface area (Å²) in [5.74, 6) is -0.137. The van der Waals surface area contributed by atoms with Gasteiger partial charge in [-0.05, 0) is 24.3 Å². The Morgan fingerprint density at radius 1 is 0.913 bits per heavy atom. The molecule has 0 aliphatic rings. The van der Waals surface area contributed by atoms with E-state index in [-0.39, 0.29) is 5.76 Å². The number of fused-ring (bicyclic) bond motifs is 1. The number of aromatic nitrogens is 1. The molecule has 0 aliphatic carbocycles. The molecule has 0 radical (unpaired) electrons. The van der Waals surface area contributed by atoms with Gasteiger partial charge in [0.15, 0.2) is 0 Å². The van der Waals surface area contributed by atoms with E-state index in [1.807, 2.05) is 30.3 Å². The van der Waals surface area contributed by atoms with Crippen LogP contribution in [0.25, 0.3) is 22.7 Å². The van der Waals surface area contributed by atoms with Gasteiger partial charge in [-0.15, -0.1) is 0 Å². The maximum Gasteiger partial charge on any atom is 0.416 e. The van der Waals surface area contributed by atoms with Crippen LogP contribution >= 0.6 is 0 Å². The van der Waals surface area contributed by atoms with Crippen LogP contribution in [0.5, 0.6) is 0 Å². The molecule has 0 aliphatic heterocycles. The largest absolute Gasteiger partial charge is 0.507 e. The summed E-state index contributed by atoms with van der Waals surface area (Å²) < 4.78 is 37.6. The van der Waals surface area contributed by atoms with Crippen molar-refractivity contribution in [3.63, 3.8) is 0 Å². The fraction of sp³-hybridized carbons (Fsp3) is 0.0556. The Morgan fingerprint density at radius 3 is 2.30 bits per heavy atom. The number of para-hydroxylation sites is 1. The summed E-state index contributed by atoms with van der Waals surface area (Å²) in [6.07, 6.45) is -2.97. The lowest BCUT2D eigenvalue weighted by molar-refractivity contribution is -0.137. The maximum atomic E-state index is 12.5. The molecule has 116 valence electrons. The first-order chi connectivity index (χ1) is 10.9. The van der Waals surface area contributed by atoms with Crippen LogP contribution in [0.2, 0.25) is 0 Å². The molecule has 3 aromatic rings. The normalized spacial score (nSPS) is 12.6. The molecule has 5 heteroatoms. The van der Waals surface area contributed by atoms with Crippen molar-refractivity contribution in [1.82, 2.24) is 4.98 Å². The quantitative estimate of drug-likeness (QED) is 0.650. The molecule has 0 amide bonds. The molecule has 1 heterocycles. The lowest BCUT2D eigenvalue weighted by Crippen LogP contribution is -2.04. The molecule has 0 saturated heterocycles. The van der Waals surface area contributed by atoms with Crippen molar-refractivity contribution in [2.75, 3.05) is 0 Å². The van der Waals surface area contributed by atoms with E-state index >= 15 is 0 Å². The van der Waals surface area contributed by atoms with Crippen LogP contribution in [0, 0.1) is 0 Å². The van der Waals surface area contributed by atoms with E-state index in [4.69, 9.17) is 0 Å². The number of pyridine rings is 1. The summed E-state index contributed by atoms with van der Waals surface area (Å²) in [6, 6.07) is 15.5. The minimum Gasteiger partial charge on any atom is -0.507 e. The van der Waals surface area contributed by atoms with Crippen molar-refractivity contribution in [2.45, 2.75) is 6.18 Å². The van der Waals surface area contributed by atoms with Crippen LogP contribution in [0.1, 0.15) is 16.8 Å². The van der Waals surface area contributed by atoms with Crippen molar-refractivity contribution >= 4 is 22.7 Å². The lowest BCUT2D eigenvalue weighted by atomic mass is 10.1. The van der Waals surface area contributed by atoms with E-state index < -0.39 is 11.7 Å². The van der Waals surface area contributed by atoms with Gasteiger partial charge < -0.3 is 5.11 Å². The van der Waals surface area contributed by atoms with Crippen LogP contribution in [0.15, 0.2) is 60.7 Å². The summed E-state index contributed by atoms with van der Waals surface area (Å²) in [5.41, 5.74) is 0.855. The van der Waals surface area contributed by atoms with Gasteiger partial charge in [0.1, 0.15) is 5.76 Å². The molecule has 0 saturated carbocycles. The van der Waals surface area contributed by atoms with Crippen molar-refractivity contribution in [3.8, 4) is 0 Å². The number of aliphatic hydroxyl groups is 1.